The summed E-state index contributed by atoms with van der Waals surface area (Å²) in [5.41, 5.74) is 10.3. The standard InChI is InChI=1S/C22H23FN4S/c1-26-10-9-21(28-26)22-18(15-5-6-16(14-24)19(23)13-15)3-2-4-20(22)27-11-7-17(25)8-12-27/h2-6,9,13,17H,7-8,10-12,25H2,1H3. The summed E-state index contributed by atoms with van der Waals surface area (Å²) >= 11 is 1.72. The highest BCUT2D eigenvalue weighted by Crippen LogP contribution is 2.45. The Labute approximate surface area is 169 Å². The van der Waals surface area contributed by atoms with Gasteiger partial charge in [0.15, 0.2) is 0 Å². The molecule has 1 fully saturated rings. The third-order valence-corrected chi connectivity index (χ3v) is 6.39. The first-order chi connectivity index (χ1) is 13.6. The summed E-state index contributed by atoms with van der Waals surface area (Å²) in [7, 11) is 2.07. The summed E-state index contributed by atoms with van der Waals surface area (Å²) in [5.74, 6) is -0.481. The SMILES string of the molecule is CN1CC=C(c2c(-c3ccc(C#N)c(F)c3)cccc2N2CCC(N)CC2)S1. The summed E-state index contributed by atoms with van der Waals surface area (Å²) in [5, 5.41) is 9.05. The van der Waals surface area contributed by atoms with Crippen molar-refractivity contribution >= 4 is 22.5 Å². The molecule has 2 N–H and O–H groups in total. The first kappa shape index (κ1) is 19.0. The van der Waals surface area contributed by atoms with Crippen LogP contribution in [0.3, 0.4) is 0 Å². The van der Waals surface area contributed by atoms with Crippen molar-refractivity contribution in [2.75, 3.05) is 31.6 Å². The highest BCUT2D eigenvalue weighted by molar-refractivity contribution is 8.06. The van der Waals surface area contributed by atoms with Crippen molar-refractivity contribution in [2.24, 2.45) is 5.73 Å². The molecule has 0 bridgehead atoms. The van der Waals surface area contributed by atoms with Gasteiger partial charge in [-0.1, -0.05) is 24.3 Å². The topological polar surface area (TPSA) is 56.3 Å². The van der Waals surface area contributed by atoms with E-state index in [2.05, 4.69) is 28.4 Å². The van der Waals surface area contributed by atoms with E-state index in [4.69, 9.17) is 11.0 Å². The van der Waals surface area contributed by atoms with Gasteiger partial charge in [-0.3, -0.25) is 0 Å². The van der Waals surface area contributed by atoms with Gasteiger partial charge in [-0.2, -0.15) is 5.26 Å². The quantitative estimate of drug-likeness (QED) is 0.790. The van der Waals surface area contributed by atoms with Crippen LogP contribution >= 0.6 is 11.9 Å². The molecule has 144 valence electrons. The van der Waals surface area contributed by atoms with Gasteiger partial charge < -0.3 is 10.6 Å². The Hall–Kier alpha value is -2.33. The molecule has 0 amide bonds. The van der Waals surface area contributed by atoms with Crippen LogP contribution < -0.4 is 10.6 Å². The molecule has 28 heavy (non-hydrogen) atoms. The second kappa shape index (κ2) is 7.96. The monoisotopic (exact) mass is 394 g/mol. The molecule has 0 unspecified atom stereocenters. The minimum Gasteiger partial charge on any atom is -0.371 e. The molecule has 0 aliphatic carbocycles. The molecular weight excluding hydrogens is 371 g/mol. The zero-order valence-electron chi connectivity index (χ0n) is 15.9. The molecule has 0 aromatic heterocycles. The van der Waals surface area contributed by atoms with Gasteiger partial charge in [0.2, 0.25) is 0 Å². The van der Waals surface area contributed by atoms with Crippen LogP contribution in [0.5, 0.6) is 0 Å². The number of nitriles is 1. The van der Waals surface area contributed by atoms with E-state index in [0.29, 0.717) is 0 Å². The van der Waals surface area contributed by atoms with Gasteiger partial charge in [-0.15, -0.1) is 0 Å². The highest BCUT2D eigenvalue weighted by atomic mass is 32.2. The van der Waals surface area contributed by atoms with Crippen molar-refractivity contribution in [1.82, 2.24) is 4.31 Å². The second-order valence-corrected chi connectivity index (χ2v) is 8.55. The molecule has 1 saturated heterocycles. The smallest absolute Gasteiger partial charge is 0.141 e. The maximum atomic E-state index is 14.3. The number of rotatable bonds is 3. The van der Waals surface area contributed by atoms with Gasteiger partial charge in [0.1, 0.15) is 11.9 Å². The van der Waals surface area contributed by atoms with Crippen molar-refractivity contribution < 1.29 is 4.39 Å². The van der Waals surface area contributed by atoms with E-state index in [-0.39, 0.29) is 11.6 Å². The van der Waals surface area contributed by atoms with Crippen LogP contribution in [0, 0.1) is 17.1 Å². The van der Waals surface area contributed by atoms with E-state index in [1.165, 1.54) is 16.7 Å². The number of halogens is 1. The average Bonchev–Trinajstić information content (AvgIpc) is 3.14. The third kappa shape index (κ3) is 3.66. The molecular formula is C22H23FN4S. The van der Waals surface area contributed by atoms with E-state index in [1.54, 1.807) is 18.0 Å². The molecule has 0 spiro atoms. The first-order valence-corrected chi connectivity index (χ1v) is 10.3. The lowest BCUT2D eigenvalue weighted by Crippen LogP contribution is -2.40. The Bertz CT molecular complexity index is 957. The second-order valence-electron chi connectivity index (χ2n) is 7.30. The number of benzene rings is 2. The fourth-order valence-corrected chi connectivity index (χ4v) is 4.76. The van der Waals surface area contributed by atoms with Crippen molar-refractivity contribution in [3.8, 4) is 17.2 Å². The van der Waals surface area contributed by atoms with Gasteiger partial charge >= 0.3 is 0 Å². The normalized spacial score (nSPS) is 18.2. The van der Waals surface area contributed by atoms with E-state index in [1.807, 2.05) is 24.3 Å². The summed E-state index contributed by atoms with van der Waals surface area (Å²) in [6, 6.07) is 13.2. The molecule has 2 heterocycles. The molecule has 0 atom stereocenters. The highest BCUT2D eigenvalue weighted by Gasteiger charge is 2.25. The minimum absolute atomic E-state index is 0.0701. The first-order valence-electron chi connectivity index (χ1n) is 9.50. The van der Waals surface area contributed by atoms with Gasteiger partial charge in [-0.05, 0) is 61.2 Å². The Morgan fingerprint density at radius 3 is 2.64 bits per heavy atom. The van der Waals surface area contributed by atoms with Crippen LogP contribution in [0.25, 0.3) is 16.0 Å². The molecule has 0 saturated carbocycles. The van der Waals surface area contributed by atoms with Gasteiger partial charge in [0.05, 0.1) is 5.56 Å². The number of hydrogen-bond donors (Lipinski definition) is 1. The molecule has 6 heteroatoms. The van der Waals surface area contributed by atoms with Gasteiger partial charge in [-0.25, -0.2) is 8.70 Å². The van der Waals surface area contributed by atoms with Crippen LogP contribution in [0.1, 0.15) is 24.0 Å². The van der Waals surface area contributed by atoms with Crippen molar-refractivity contribution in [3.63, 3.8) is 0 Å². The van der Waals surface area contributed by atoms with E-state index >= 15 is 0 Å². The minimum atomic E-state index is -0.481. The van der Waals surface area contributed by atoms with Crippen LogP contribution in [0.4, 0.5) is 10.1 Å². The van der Waals surface area contributed by atoms with Crippen molar-refractivity contribution in [3.05, 3.63) is 59.4 Å². The zero-order chi connectivity index (χ0) is 19.7. The molecule has 4 nitrogen and oxygen atoms in total. The molecule has 2 aromatic carbocycles. The third-order valence-electron chi connectivity index (χ3n) is 5.36. The fourth-order valence-electron chi connectivity index (χ4n) is 3.82. The predicted molar refractivity (Wildman–Crippen MR) is 114 cm³/mol. The fraction of sp³-hybridized carbons (Fsp3) is 0.318. The van der Waals surface area contributed by atoms with Crippen LogP contribution in [-0.4, -0.2) is 37.0 Å². The lowest BCUT2D eigenvalue weighted by Gasteiger charge is -2.34. The van der Waals surface area contributed by atoms with Gasteiger partial charge in [0.25, 0.3) is 0 Å². The van der Waals surface area contributed by atoms with Gasteiger partial charge in [0, 0.05) is 41.8 Å². The summed E-state index contributed by atoms with van der Waals surface area (Å²) < 4.78 is 16.5. The molecule has 0 radical (unpaired) electrons. The molecule has 2 aliphatic heterocycles. The predicted octanol–water partition coefficient (Wildman–Crippen LogP) is 4.23. The van der Waals surface area contributed by atoms with E-state index < -0.39 is 5.82 Å². The number of piperidine rings is 1. The zero-order valence-corrected chi connectivity index (χ0v) is 16.7. The average molecular weight is 395 g/mol. The molecule has 4 rings (SSSR count). The van der Waals surface area contributed by atoms with Crippen molar-refractivity contribution in [2.45, 2.75) is 18.9 Å². The van der Waals surface area contributed by atoms with E-state index in [9.17, 15) is 4.39 Å². The largest absolute Gasteiger partial charge is 0.371 e. The van der Waals surface area contributed by atoms with E-state index in [0.717, 1.165) is 49.2 Å². The lowest BCUT2D eigenvalue weighted by molar-refractivity contribution is 0.501. The summed E-state index contributed by atoms with van der Waals surface area (Å²) in [6.07, 6.45) is 4.17. The van der Waals surface area contributed by atoms with Crippen LogP contribution in [0.15, 0.2) is 42.5 Å². The lowest BCUT2D eigenvalue weighted by atomic mass is 9.95. The number of anilines is 1. The number of hydrogen-bond acceptors (Lipinski definition) is 5. The molecule has 2 aromatic rings. The Morgan fingerprint density at radius 1 is 1.21 bits per heavy atom. The maximum absolute atomic E-state index is 14.3. The van der Waals surface area contributed by atoms with Crippen LogP contribution in [-0.2, 0) is 0 Å². The molecule has 2 aliphatic rings. The Morgan fingerprint density at radius 2 is 2.00 bits per heavy atom. The number of nitrogens with two attached hydrogens (primary N) is 1. The summed E-state index contributed by atoms with van der Waals surface area (Å²) in [4.78, 5) is 3.58. The summed E-state index contributed by atoms with van der Waals surface area (Å²) in [6.45, 7) is 2.72. The van der Waals surface area contributed by atoms with Crippen molar-refractivity contribution in [1.29, 1.82) is 5.26 Å². The Kier molecular flexibility index (Phi) is 5.40. The van der Waals surface area contributed by atoms with Crippen LogP contribution in [0.2, 0.25) is 0 Å². The number of nitrogens with zero attached hydrogens (tertiary/aromatic N) is 3. The maximum Gasteiger partial charge on any atom is 0.141 e. The number of likely N-dealkylation sites (N-methyl/N-ethyl adjacent to an activating group) is 1. The Balaban J connectivity index is 1.83.